The van der Waals surface area contributed by atoms with Gasteiger partial charge in [0.25, 0.3) is 0 Å². The first-order valence-electron chi connectivity index (χ1n) is 13.2. The van der Waals surface area contributed by atoms with Crippen LogP contribution in [0.2, 0.25) is 0 Å². The van der Waals surface area contributed by atoms with Gasteiger partial charge in [0, 0.05) is 17.8 Å². The van der Waals surface area contributed by atoms with Gasteiger partial charge >= 0.3 is 5.97 Å². The molecule has 35 heavy (non-hydrogen) atoms. The minimum Gasteiger partial charge on any atom is -0.465 e. The molecule has 0 aromatic rings. The number of aliphatic hydroxyl groups excluding tert-OH is 1. The third kappa shape index (κ3) is 4.45. The monoisotopic (exact) mass is 504 g/mol. The Hall–Kier alpha value is -1.80. The summed E-state index contributed by atoms with van der Waals surface area (Å²) in [7, 11) is 0. The van der Waals surface area contributed by atoms with Gasteiger partial charge in [-0.3, -0.25) is 14.4 Å². The maximum absolute atomic E-state index is 14.3. The summed E-state index contributed by atoms with van der Waals surface area (Å²) in [6.45, 7) is 8.68. The van der Waals surface area contributed by atoms with E-state index in [1.165, 1.54) is 0 Å². The summed E-state index contributed by atoms with van der Waals surface area (Å²) in [5.74, 6) is -2.05. The molecule has 0 radical (unpaired) electrons. The molecule has 8 heteroatoms. The smallest absolute Gasteiger partial charge is 0.311 e. The zero-order valence-corrected chi connectivity index (χ0v) is 22.2. The molecule has 4 heterocycles. The molecule has 194 valence electrons. The summed E-state index contributed by atoms with van der Waals surface area (Å²) in [4.78, 5) is 45.4. The number of cyclic esters (lactones) is 1. The number of amides is 2. The minimum atomic E-state index is -0.871. The average molecular weight is 505 g/mol. The molecule has 0 aliphatic carbocycles. The lowest BCUT2D eigenvalue weighted by atomic mass is 9.78. The Morgan fingerprint density at radius 1 is 1.17 bits per heavy atom. The van der Waals surface area contributed by atoms with Crippen molar-refractivity contribution in [3.05, 3.63) is 24.3 Å². The van der Waals surface area contributed by atoms with Gasteiger partial charge in [-0.15, -0.1) is 11.8 Å². The first kappa shape index (κ1) is 26.3. The van der Waals surface area contributed by atoms with Crippen molar-refractivity contribution in [1.82, 2.24) is 9.80 Å². The molecule has 0 aromatic carbocycles. The SMILES string of the molecule is CCCC(C)N1CC=C[C@]23S[C@@H]4/C=C\CCCCOC(=O)[C@@H]4[C@H]2C(=O)N([C@@H](CO)C(C)C)C3C1=O. The number of likely N-dealkylation sites (tertiary alicyclic amines) is 1. The fourth-order valence-corrected chi connectivity index (χ4v) is 8.31. The second-order valence-electron chi connectivity index (χ2n) is 10.7. The molecule has 2 amide bonds. The Balaban J connectivity index is 1.85. The van der Waals surface area contributed by atoms with Crippen LogP contribution in [0.3, 0.4) is 0 Å². The molecule has 4 rings (SSSR count). The Labute approximate surface area is 213 Å². The van der Waals surface area contributed by atoms with Crippen LogP contribution in [-0.2, 0) is 19.1 Å². The van der Waals surface area contributed by atoms with Gasteiger partial charge in [0.05, 0.1) is 35.8 Å². The molecule has 0 aromatic heterocycles. The van der Waals surface area contributed by atoms with E-state index in [0.717, 1.165) is 32.1 Å². The van der Waals surface area contributed by atoms with E-state index in [4.69, 9.17) is 4.74 Å². The minimum absolute atomic E-state index is 0.0342. The normalized spacial score (nSPS) is 35.8. The van der Waals surface area contributed by atoms with Gasteiger partial charge in [0.2, 0.25) is 11.8 Å². The molecule has 0 bridgehead atoms. The van der Waals surface area contributed by atoms with E-state index in [0.29, 0.717) is 13.2 Å². The Morgan fingerprint density at radius 2 is 1.94 bits per heavy atom. The van der Waals surface area contributed by atoms with Crippen LogP contribution in [0.4, 0.5) is 0 Å². The highest BCUT2D eigenvalue weighted by Crippen LogP contribution is 2.61. The van der Waals surface area contributed by atoms with Crippen molar-refractivity contribution in [3.8, 4) is 0 Å². The van der Waals surface area contributed by atoms with Crippen molar-refractivity contribution in [1.29, 1.82) is 0 Å². The highest BCUT2D eigenvalue weighted by Gasteiger charge is 2.71. The Bertz CT molecular complexity index is 889. The number of aliphatic hydroxyl groups is 1. The van der Waals surface area contributed by atoms with E-state index >= 15 is 0 Å². The summed E-state index contributed by atoms with van der Waals surface area (Å²) in [6.07, 6.45) is 12.7. The zero-order chi connectivity index (χ0) is 25.3. The van der Waals surface area contributed by atoms with Crippen LogP contribution in [0.1, 0.15) is 59.8 Å². The summed E-state index contributed by atoms with van der Waals surface area (Å²) in [6, 6.07) is -1.23. The van der Waals surface area contributed by atoms with E-state index in [9.17, 15) is 19.5 Å². The largest absolute Gasteiger partial charge is 0.465 e. The van der Waals surface area contributed by atoms with Crippen molar-refractivity contribution in [2.45, 2.75) is 87.9 Å². The molecule has 1 N–H and O–H groups in total. The second-order valence-corrected chi connectivity index (χ2v) is 12.2. The molecule has 1 spiro atoms. The maximum atomic E-state index is 14.3. The molecule has 4 aliphatic rings. The van der Waals surface area contributed by atoms with Crippen LogP contribution >= 0.6 is 11.8 Å². The van der Waals surface area contributed by atoms with Crippen molar-refractivity contribution >= 4 is 29.5 Å². The van der Waals surface area contributed by atoms with Crippen LogP contribution < -0.4 is 0 Å². The van der Waals surface area contributed by atoms with Gasteiger partial charge in [-0.25, -0.2) is 0 Å². The quantitative estimate of drug-likeness (QED) is 0.442. The number of hydrogen-bond donors (Lipinski definition) is 1. The molecule has 2 fully saturated rings. The molecular weight excluding hydrogens is 464 g/mol. The summed E-state index contributed by atoms with van der Waals surface area (Å²) in [5, 5.41) is 10.1. The molecule has 2 unspecified atom stereocenters. The lowest BCUT2D eigenvalue weighted by molar-refractivity contribution is -0.154. The molecule has 0 saturated carbocycles. The van der Waals surface area contributed by atoms with Crippen LogP contribution in [0.5, 0.6) is 0 Å². The second kappa shape index (κ2) is 10.7. The topological polar surface area (TPSA) is 87.2 Å². The Kier molecular flexibility index (Phi) is 8.01. The first-order valence-corrected chi connectivity index (χ1v) is 14.1. The number of fused-ring (bicyclic) bond motifs is 2. The van der Waals surface area contributed by atoms with E-state index in [1.54, 1.807) is 16.7 Å². The molecule has 4 aliphatic heterocycles. The van der Waals surface area contributed by atoms with Crippen LogP contribution in [0, 0.1) is 17.8 Å². The maximum Gasteiger partial charge on any atom is 0.311 e. The lowest BCUT2D eigenvalue weighted by Gasteiger charge is -2.41. The lowest BCUT2D eigenvalue weighted by Crippen LogP contribution is -2.58. The summed E-state index contributed by atoms with van der Waals surface area (Å²) >= 11 is 1.56. The first-order chi connectivity index (χ1) is 16.8. The number of carbonyl (C=O) groups excluding carboxylic acids is 3. The van der Waals surface area contributed by atoms with E-state index in [-0.39, 0.29) is 41.6 Å². The van der Waals surface area contributed by atoms with Gasteiger partial charge in [-0.1, -0.05) is 51.5 Å². The summed E-state index contributed by atoms with van der Waals surface area (Å²) in [5.41, 5.74) is 0. The fraction of sp³-hybridized carbons (Fsp3) is 0.741. The zero-order valence-electron chi connectivity index (χ0n) is 21.4. The molecule has 7 atom stereocenters. The van der Waals surface area contributed by atoms with E-state index < -0.39 is 28.7 Å². The van der Waals surface area contributed by atoms with E-state index in [1.807, 2.05) is 30.9 Å². The van der Waals surface area contributed by atoms with Crippen LogP contribution in [0.15, 0.2) is 24.3 Å². The molecular formula is C27H40N2O5S. The van der Waals surface area contributed by atoms with Crippen molar-refractivity contribution in [2.75, 3.05) is 19.8 Å². The number of rotatable bonds is 6. The Morgan fingerprint density at radius 3 is 2.63 bits per heavy atom. The number of allylic oxidation sites excluding steroid dienone is 1. The van der Waals surface area contributed by atoms with Gasteiger partial charge in [0.1, 0.15) is 6.04 Å². The fourth-order valence-electron chi connectivity index (χ4n) is 6.32. The molecule has 2 saturated heterocycles. The highest BCUT2D eigenvalue weighted by molar-refractivity contribution is 8.02. The van der Waals surface area contributed by atoms with E-state index in [2.05, 4.69) is 26.0 Å². The van der Waals surface area contributed by atoms with Gasteiger partial charge in [-0.2, -0.15) is 0 Å². The molecule has 7 nitrogen and oxygen atoms in total. The highest BCUT2D eigenvalue weighted by atomic mass is 32.2. The third-order valence-electron chi connectivity index (χ3n) is 8.12. The number of thioether (sulfide) groups is 1. The van der Waals surface area contributed by atoms with Crippen molar-refractivity contribution in [2.24, 2.45) is 17.8 Å². The van der Waals surface area contributed by atoms with Crippen LogP contribution in [0.25, 0.3) is 0 Å². The standard InChI is InChI=1S/C27H40N2O5S/c1-5-11-18(4)28-14-10-13-27-22(21-20(35-27)12-8-6-7-9-15-34-26(21)33)24(31)29(23(27)25(28)32)19(16-30)17(2)3/h8,10,12-13,17-23,30H,5-7,9,11,14-16H2,1-4H3/b12-8-/t18?,19-,20+,21-,22-,23?,27-/m0/s1. The van der Waals surface area contributed by atoms with Gasteiger partial charge in [-0.05, 0) is 38.5 Å². The number of esters is 1. The summed E-state index contributed by atoms with van der Waals surface area (Å²) < 4.78 is 4.79. The van der Waals surface area contributed by atoms with Gasteiger partial charge < -0.3 is 19.6 Å². The number of nitrogens with zero attached hydrogens (tertiary/aromatic N) is 2. The predicted octanol–water partition coefficient (Wildman–Crippen LogP) is 3.17. The van der Waals surface area contributed by atoms with Crippen molar-refractivity contribution < 1.29 is 24.2 Å². The number of ether oxygens (including phenoxy) is 1. The third-order valence-corrected chi connectivity index (χ3v) is 9.87. The number of hydrogen-bond acceptors (Lipinski definition) is 6. The van der Waals surface area contributed by atoms with Crippen molar-refractivity contribution in [3.63, 3.8) is 0 Å². The predicted molar refractivity (Wildman–Crippen MR) is 137 cm³/mol. The average Bonchev–Trinajstić information content (AvgIpc) is 3.20. The van der Waals surface area contributed by atoms with Crippen LogP contribution in [-0.4, -0.2) is 80.6 Å². The number of carbonyl (C=O) groups is 3. The van der Waals surface area contributed by atoms with Gasteiger partial charge in [0.15, 0.2) is 0 Å².